The molecule has 2 aliphatic rings. The number of rotatable bonds is 6. The fourth-order valence-corrected chi connectivity index (χ4v) is 6.86. The van der Waals surface area contributed by atoms with E-state index in [0.29, 0.717) is 9.95 Å². The van der Waals surface area contributed by atoms with Crippen LogP contribution in [0.15, 0.2) is 53.8 Å². The fourth-order valence-electron chi connectivity index (χ4n) is 6.58. The van der Waals surface area contributed by atoms with Crippen molar-refractivity contribution in [2.75, 3.05) is 38.2 Å². The van der Waals surface area contributed by atoms with Gasteiger partial charge in [-0.2, -0.15) is 23.1 Å². The Morgan fingerprint density at radius 1 is 1.06 bits per heavy atom. The number of ether oxygens (including phenoxy) is 1. The zero-order valence-electron chi connectivity index (χ0n) is 25.8. The lowest BCUT2D eigenvalue weighted by molar-refractivity contribution is -0.146. The molecule has 47 heavy (non-hydrogen) atoms. The van der Waals surface area contributed by atoms with E-state index in [0.717, 1.165) is 0 Å². The zero-order valence-corrected chi connectivity index (χ0v) is 26.6. The zero-order chi connectivity index (χ0) is 33.8. The van der Waals surface area contributed by atoms with Crippen LogP contribution in [0.25, 0.3) is 27.5 Å². The number of aromatic nitrogens is 4. The van der Waals surface area contributed by atoms with Gasteiger partial charge in [-0.3, -0.25) is 19.1 Å². The molecule has 0 bridgehead atoms. The number of nitrogens with zero attached hydrogens (tertiary/aromatic N) is 7. The molecule has 2 aromatic carbocycles. The van der Waals surface area contributed by atoms with Gasteiger partial charge < -0.3 is 14.5 Å². The van der Waals surface area contributed by atoms with Gasteiger partial charge in [0.15, 0.2) is 11.3 Å². The van der Waals surface area contributed by atoms with Crippen molar-refractivity contribution in [2.24, 2.45) is 0 Å². The van der Waals surface area contributed by atoms with Crippen molar-refractivity contribution in [3.8, 4) is 11.7 Å². The summed E-state index contributed by atoms with van der Waals surface area (Å²) in [7, 11) is 1.75. The Hall–Kier alpha value is -4.30. The average molecular weight is 674 g/mol. The second-order valence-electron chi connectivity index (χ2n) is 12.0. The molecule has 0 spiro atoms. The quantitative estimate of drug-likeness (QED) is 0.208. The summed E-state index contributed by atoms with van der Waals surface area (Å²) < 4.78 is 65.1. The highest BCUT2D eigenvalue weighted by atomic mass is 35.5. The number of hydrogen-bond acceptors (Lipinski definition) is 8. The summed E-state index contributed by atoms with van der Waals surface area (Å²) in [5.74, 6) is -1.83. The number of likely N-dealkylation sites (N-methyl/N-ethyl adjacent to an activating group) is 1. The number of carbonyl (C=O) groups excluding carboxylic acids is 1. The predicted octanol–water partition coefficient (Wildman–Crippen LogP) is 5.03. The second kappa shape index (κ2) is 12.4. The van der Waals surface area contributed by atoms with Crippen molar-refractivity contribution in [1.29, 1.82) is 0 Å². The van der Waals surface area contributed by atoms with Crippen molar-refractivity contribution in [3.05, 3.63) is 70.3 Å². The minimum atomic E-state index is -5.08. The van der Waals surface area contributed by atoms with Crippen LogP contribution in [0.5, 0.6) is 6.01 Å². The SMILES string of the molecule is C=CC(=O)N1C[C@H](C)N(c2nc(OCC3C[C@@H](F)CN3C)nc3c(=O)n(-c4cccc5cccc(Cl)c45)c(C(F)(F)F)nc23)[C@@H](C)C1. The Morgan fingerprint density at radius 2 is 1.74 bits per heavy atom. The monoisotopic (exact) mass is 673 g/mol. The van der Waals surface area contributed by atoms with Crippen LogP contribution in [-0.2, 0) is 11.0 Å². The van der Waals surface area contributed by atoms with Gasteiger partial charge in [0.25, 0.3) is 5.56 Å². The maximum Gasteiger partial charge on any atom is 0.450 e. The molecule has 1 amide bonds. The number of benzene rings is 2. The highest BCUT2D eigenvalue weighted by molar-refractivity contribution is 6.36. The summed E-state index contributed by atoms with van der Waals surface area (Å²) in [6.45, 7) is 7.74. The molecule has 6 rings (SSSR count). The lowest BCUT2D eigenvalue weighted by Crippen LogP contribution is -2.58. The first-order chi connectivity index (χ1) is 22.3. The number of hydrogen-bond donors (Lipinski definition) is 0. The van der Waals surface area contributed by atoms with Crippen LogP contribution in [0, 0.1) is 0 Å². The van der Waals surface area contributed by atoms with Crippen LogP contribution in [0.4, 0.5) is 23.4 Å². The number of carbonyl (C=O) groups is 1. The number of piperazine rings is 1. The van der Waals surface area contributed by atoms with Crippen LogP contribution in [0.3, 0.4) is 0 Å². The van der Waals surface area contributed by atoms with Gasteiger partial charge in [0.05, 0.1) is 10.7 Å². The summed E-state index contributed by atoms with van der Waals surface area (Å²) in [5.41, 5.74) is -2.01. The smallest absolute Gasteiger partial charge is 0.450 e. The molecule has 2 saturated heterocycles. The van der Waals surface area contributed by atoms with Crippen molar-refractivity contribution in [2.45, 2.75) is 50.7 Å². The number of anilines is 1. The van der Waals surface area contributed by atoms with Gasteiger partial charge in [-0.1, -0.05) is 42.4 Å². The third kappa shape index (κ3) is 6.00. The Morgan fingerprint density at radius 3 is 2.36 bits per heavy atom. The van der Waals surface area contributed by atoms with Crippen LogP contribution < -0.4 is 15.2 Å². The molecular formula is C32H32ClF4N7O3. The van der Waals surface area contributed by atoms with Gasteiger partial charge in [0, 0.05) is 43.1 Å². The molecule has 4 heterocycles. The van der Waals surface area contributed by atoms with Crippen LogP contribution in [-0.4, -0.2) is 92.8 Å². The maximum atomic E-state index is 14.9. The summed E-state index contributed by atoms with van der Waals surface area (Å²) in [6, 6.07) is 7.91. The van der Waals surface area contributed by atoms with E-state index in [1.54, 1.807) is 53.8 Å². The lowest BCUT2D eigenvalue weighted by atomic mass is 10.1. The Kier molecular flexibility index (Phi) is 8.60. The standard InChI is InChI=1S/C32H32ClF4N7O3/c1-5-24(45)42-13-17(2)43(18(3)14-42)28-26-27(39-31(40-28)47-16-21-12-20(34)15-41(21)4)29(46)44(30(38-26)32(35,36)37)23-11-7-9-19-8-6-10-22(33)25(19)23/h5-11,17-18,20-21H,1,12-16H2,2-4H3/t17-,18-,20+,21?/m0/s1. The van der Waals surface area contributed by atoms with E-state index in [-0.39, 0.29) is 78.1 Å². The number of likely N-dealkylation sites (tertiary alicyclic amines) is 1. The molecular weight excluding hydrogens is 642 g/mol. The van der Waals surface area contributed by atoms with Gasteiger partial charge in [0.1, 0.15) is 18.3 Å². The van der Waals surface area contributed by atoms with E-state index in [1.165, 1.54) is 24.3 Å². The summed E-state index contributed by atoms with van der Waals surface area (Å²) in [4.78, 5) is 44.7. The third-order valence-corrected chi connectivity index (χ3v) is 9.01. The van der Waals surface area contributed by atoms with Crippen LogP contribution in [0.1, 0.15) is 26.1 Å². The summed E-state index contributed by atoms with van der Waals surface area (Å²) >= 11 is 6.47. The summed E-state index contributed by atoms with van der Waals surface area (Å²) in [5, 5.41) is 0.891. The molecule has 10 nitrogen and oxygen atoms in total. The van der Waals surface area contributed by atoms with Gasteiger partial charge in [0.2, 0.25) is 11.7 Å². The third-order valence-electron chi connectivity index (χ3n) is 8.70. The highest BCUT2D eigenvalue weighted by Gasteiger charge is 2.41. The average Bonchev–Trinajstić information content (AvgIpc) is 3.34. The normalized spacial score (nSPS) is 22.3. The van der Waals surface area contributed by atoms with Crippen molar-refractivity contribution in [3.63, 3.8) is 0 Å². The van der Waals surface area contributed by atoms with Gasteiger partial charge in [-0.05, 0) is 50.9 Å². The van der Waals surface area contributed by atoms with E-state index in [2.05, 4.69) is 21.5 Å². The Balaban J connectivity index is 1.59. The fraction of sp³-hybridized carbons (Fsp3) is 0.406. The van der Waals surface area contributed by atoms with E-state index < -0.39 is 41.3 Å². The van der Waals surface area contributed by atoms with Gasteiger partial charge in [-0.15, -0.1) is 0 Å². The molecule has 248 valence electrons. The molecule has 4 atom stereocenters. The largest absolute Gasteiger partial charge is 0.462 e. The van der Waals surface area contributed by atoms with Crippen molar-refractivity contribution >= 4 is 45.1 Å². The van der Waals surface area contributed by atoms with E-state index in [4.69, 9.17) is 16.3 Å². The first kappa shape index (κ1) is 32.6. The topological polar surface area (TPSA) is 96.7 Å². The molecule has 0 radical (unpaired) electrons. The molecule has 15 heteroatoms. The molecule has 2 aromatic heterocycles. The number of amides is 1. The minimum Gasteiger partial charge on any atom is -0.462 e. The molecule has 4 aromatic rings. The first-order valence-electron chi connectivity index (χ1n) is 15.0. The summed E-state index contributed by atoms with van der Waals surface area (Å²) in [6.07, 6.45) is -4.70. The van der Waals surface area contributed by atoms with Crippen LogP contribution in [0.2, 0.25) is 5.02 Å². The predicted molar refractivity (Wildman–Crippen MR) is 170 cm³/mol. The molecule has 0 aliphatic carbocycles. The lowest BCUT2D eigenvalue weighted by Gasteiger charge is -2.45. The van der Waals surface area contributed by atoms with E-state index in [1.807, 2.05) is 0 Å². The molecule has 0 saturated carbocycles. The number of fused-ring (bicyclic) bond motifs is 2. The number of halogens is 5. The van der Waals surface area contributed by atoms with Crippen molar-refractivity contribution in [1.82, 2.24) is 29.3 Å². The molecule has 0 N–H and O–H groups in total. The van der Waals surface area contributed by atoms with Crippen LogP contribution >= 0.6 is 11.6 Å². The van der Waals surface area contributed by atoms with Crippen molar-refractivity contribution < 1.29 is 27.1 Å². The molecule has 2 fully saturated rings. The number of alkyl halides is 4. The molecule has 1 unspecified atom stereocenters. The maximum absolute atomic E-state index is 14.9. The van der Waals surface area contributed by atoms with E-state index in [9.17, 15) is 27.2 Å². The Labute approximate surface area is 272 Å². The van der Waals surface area contributed by atoms with Gasteiger partial charge >= 0.3 is 12.2 Å². The first-order valence-corrected chi connectivity index (χ1v) is 15.4. The minimum absolute atomic E-state index is 0.0181. The van der Waals surface area contributed by atoms with E-state index >= 15 is 0 Å². The second-order valence-corrected chi connectivity index (χ2v) is 12.4. The Bertz CT molecular complexity index is 1920. The van der Waals surface area contributed by atoms with Gasteiger partial charge in [-0.25, -0.2) is 9.37 Å². The molecule has 2 aliphatic heterocycles. The highest BCUT2D eigenvalue weighted by Crippen LogP contribution is 2.36.